The van der Waals surface area contributed by atoms with Crippen LogP contribution in [0.2, 0.25) is 0 Å². The van der Waals surface area contributed by atoms with Crippen molar-refractivity contribution in [1.29, 1.82) is 0 Å². The van der Waals surface area contributed by atoms with Crippen LogP contribution in [0.5, 0.6) is 0 Å². The lowest BCUT2D eigenvalue weighted by Crippen LogP contribution is -2.31. The smallest absolute Gasteiger partial charge is 0.0995 e. The summed E-state index contributed by atoms with van der Waals surface area (Å²) in [7, 11) is 0. The number of nitrogens with two attached hydrogens (primary N) is 1. The molecular formula is C10H18N2O. The Morgan fingerprint density at radius 2 is 2.38 bits per heavy atom. The molecule has 74 valence electrons. The maximum atomic E-state index is 5.92. The minimum atomic E-state index is 0.380. The van der Waals surface area contributed by atoms with Crippen LogP contribution in [0.25, 0.3) is 0 Å². The summed E-state index contributed by atoms with van der Waals surface area (Å²) in [6.45, 7) is 2.98. The fourth-order valence-electron chi connectivity index (χ4n) is 2.31. The number of fused-ring (bicyclic) bond motifs is 2. The van der Waals surface area contributed by atoms with E-state index in [9.17, 15) is 0 Å². The summed E-state index contributed by atoms with van der Waals surface area (Å²) in [6, 6.07) is 0. The Kier molecular flexibility index (Phi) is 2.54. The maximum Gasteiger partial charge on any atom is 0.0995 e. The van der Waals surface area contributed by atoms with Crippen molar-refractivity contribution in [2.45, 2.75) is 44.8 Å². The summed E-state index contributed by atoms with van der Waals surface area (Å²) in [5, 5.41) is 0. The third kappa shape index (κ3) is 1.70. The van der Waals surface area contributed by atoms with Crippen LogP contribution in [0.4, 0.5) is 0 Å². The van der Waals surface area contributed by atoms with Crippen molar-refractivity contribution >= 4 is 5.84 Å². The van der Waals surface area contributed by atoms with E-state index in [1.165, 1.54) is 12.8 Å². The molecule has 0 radical (unpaired) electrons. The number of hydrogen-bond donors (Lipinski definition) is 1. The Morgan fingerprint density at radius 3 is 2.92 bits per heavy atom. The number of amidine groups is 1. The number of ether oxygens (including phenoxy) is 1. The Balaban J connectivity index is 1.94. The summed E-state index contributed by atoms with van der Waals surface area (Å²) in [5.41, 5.74) is 5.92. The zero-order valence-electron chi connectivity index (χ0n) is 8.20. The van der Waals surface area contributed by atoms with E-state index in [1.54, 1.807) is 0 Å². The normalized spacial score (nSPS) is 38.5. The van der Waals surface area contributed by atoms with Gasteiger partial charge in [0.2, 0.25) is 0 Å². The topological polar surface area (TPSA) is 47.6 Å². The lowest BCUT2D eigenvalue weighted by atomic mass is 9.88. The monoisotopic (exact) mass is 182 g/mol. The van der Waals surface area contributed by atoms with Gasteiger partial charge in [-0.25, -0.2) is 0 Å². The van der Waals surface area contributed by atoms with Gasteiger partial charge >= 0.3 is 0 Å². The summed E-state index contributed by atoms with van der Waals surface area (Å²) in [4.78, 5) is 4.36. The second kappa shape index (κ2) is 3.66. The molecule has 2 fully saturated rings. The molecule has 3 atom stereocenters. The first-order valence-electron chi connectivity index (χ1n) is 5.26. The van der Waals surface area contributed by atoms with Crippen LogP contribution >= 0.6 is 0 Å². The fraction of sp³-hybridized carbons (Fsp3) is 0.900. The molecule has 2 N–H and O–H groups in total. The number of nitrogens with zero attached hydrogens (tertiary/aromatic N) is 1. The van der Waals surface area contributed by atoms with E-state index in [2.05, 4.69) is 11.9 Å². The van der Waals surface area contributed by atoms with Crippen molar-refractivity contribution in [3.63, 3.8) is 0 Å². The highest BCUT2D eigenvalue weighted by molar-refractivity contribution is 5.83. The summed E-state index contributed by atoms with van der Waals surface area (Å²) in [5.74, 6) is 1.25. The minimum Gasteiger partial charge on any atom is -0.387 e. The van der Waals surface area contributed by atoms with Crippen molar-refractivity contribution in [2.75, 3.05) is 6.54 Å². The molecule has 13 heavy (non-hydrogen) atoms. The fourth-order valence-corrected chi connectivity index (χ4v) is 2.31. The molecule has 2 bridgehead atoms. The van der Waals surface area contributed by atoms with Crippen molar-refractivity contribution in [1.82, 2.24) is 0 Å². The van der Waals surface area contributed by atoms with Crippen molar-refractivity contribution in [2.24, 2.45) is 16.6 Å². The van der Waals surface area contributed by atoms with Gasteiger partial charge in [-0.05, 0) is 25.7 Å². The summed E-state index contributed by atoms with van der Waals surface area (Å²) >= 11 is 0. The summed E-state index contributed by atoms with van der Waals surface area (Å²) in [6.07, 6.45) is 5.43. The Bertz CT molecular complexity index is 215. The van der Waals surface area contributed by atoms with E-state index in [-0.39, 0.29) is 0 Å². The van der Waals surface area contributed by atoms with Gasteiger partial charge in [-0.2, -0.15) is 0 Å². The van der Waals surface area contributed by atoms with E-state index in [1.807, 2.05) is 0 Å². The molecule has 0 aromatic heterocycles. The predicted octanol–water partition coefficient (Wildman–Crippen LogP) is 1.32. The van der Waals surface area contributed by atoms with Crippen LogP contribution in [0, 0.1) is 5.92 Å². The van der Waals surface area contributed by atoms with Gasteiger partial charge in [0.15, 0.2) is 0 Å². The molecular weight excluding hydrogens is 164 g/mol. The van der Waals surface area contributed by atoms with Gasteiger partial charge in [-0.1, -0.05) is 6.92 Å². The number of aliphatic imine (C=N–C) groups is 1. The van der Waals surface area contributed by atoms with E-state index >= 15 is 0 Å². The zero-order valence-corrected chi connectivity index (χ0v) is 8.20. The molecule has 2 aliphatic rings. The zero-order chi connectivity index (χ0) is 9.26. The highest BCUT2D eigenvalue weighted by Crippen LogP contribution is 2.38. The molecule has 2 aliphatic heterocycles. The number of hydrogen-bond acceptors (Lipinski definition) is 2. The Labute approximate surface area is 79.4 Å². The van der Waals surface area contributed by atoms with Gasteiger partial charge in [0.05, 0.1) is 18.0 Å². The quantitative estimate of drug-likeness (QED) is 0.528. The van der Waals surface area contributed by atoms with Gasteiger partial charge in [0.25, 0.3) is 0 Å². The molecule has 3 nitrogen and oxygen atoms in total. The SMILES string of the molecule is CCCN=C(N)C1CC2CCC1O2. The largest absolute Gasteiger partial charge is 0.387 e. The van der Waals surface area contributed by atoms with Crippen LogP contribution in [-0.4, -0.2) is 24.6 Å². The van der Waals surface area contributed by atoms with Crippen molar-refractivity contribution in [3.05, 3.63) is 0 Å². The first-order valence-corrected chi connectivity index (χ1v) is 5.26. The maximum absolute atomic E-state index is 5.92. The molecule has 2 saturated heterocycles. The summed E-state index contributed by atoms with van der Waals surface area (Å²) < 4.78 is 5.73. The average molecular weight is 182 g/mol. The van der Waals surface area contributed by atoms with Crippen molar-refractivity contribution < 1.29 is 4.74 Å². The lowest BCUT2D eigenvalue weighted by Gasteiger charge is -2.17. The first-order chi connectivity index (χ1) is 6.31. The van der Waals surface area contributed by atoms with Crippen LogP contribution in [-0.2, 0) is 4.74 Å². The molecule has 0 spiro atoms. The molecule has 0 aliphatic carbocycles. The van der Waals surface area contributed by atoms with Crippen LogP contribution in [0.15, 0.2) is 4.99 Å². The molecule has 0 amide bonds. The van der Waals surface area contributed by atoms with E-state index < -0.39 is 0 Å². The average Bonchev–Trinajstić information content (AvgIpc) is 2.74. The molecule has 3 unspecified atom stereocenters. The third-order valence-electron chi connectivity index (χ3n) is 3.00. The first kappa shape index (κ1) is 9.00. The second-order valence-corrected chi connectivity index (χ2v) is 4.02. The van der Waals surface area contributed by atoms with Crippen LogP contribution in [0.3, 0.4) is 0 Å². The molecule has 2 heterocycles. The van der Waals surface area contributed by atoms with E-state index in [4.69, 9.17) is 10.5 Å². The highest BCUT2D eigenvalue weighted by atomic mass is 16.5. The van der Waals surface area contributed by atoms with Gasteiger partial charge in [0, 0.05) is 12.5 Å². The molecule has 0 aromatic rings. The lowest BCUT2D eigenvalue weighted by molar-refractivity contribution is 0.0995. The standard InChI is InChI=1S/C10H18N2O/c1-2-5-12-10(11)8-6-7-3-4-9(8)13-7/h7-9H,2-6H2,1H3,(H2,11,12). The van der Waals surface area contributed by atoms with Crippen molar-refractivity contribution in [3.8, 4) is 0 Å². The third-order valence-corrected chi connectivity index (χ3v) is 3.00. The van der Waals surface area contributed by atoms with Crippen LogP contribution in [0.1, 0.15) is 32.6 Å². The molecule has 0 saturated carbocycles. The minimum absolute atomic E-state index is 0.380. The van der Waals surface area contributed by atoms with Gasteiger partial charge in [-0.15, -0.1) is 0 Å². The Hall–Kier alpha value is -0.570. The van der Waals surface area contributed by atoms with Gasteiger partial charge in [-0.3, -0.25) is 4.99 Å². The highest BCUT2D eigenvalue weighted by Gasteiger charge is 2.42. The van der Waals surface area contributed by atoms with Gasteiger partial charge in [0.1, 0.15) is 0 Å². The van der Waals surface area contributed by atoms with Gasteiger partial charge < -0.3 is 10.5 Å². The predicted molar refractivity (Wildman–Crippen MR) is 52.8 cm³/mol. The van der Waals surface area contributed by atoms with Crippen LogP contribution < -0.4 is 5.73 Å². The Morgan fingerprint density at radius 1 is 1.54 bits per heavy atom. The molecule has 2 rings (SSSR count). The molecule has 0 aromatic carbocycles. The molecule has 3 heteroatoms. The number of rotatable bonds is 3. The van der Waals surface area contributed by atoms with E-state index in [0.717, 1.165) is 25.2 Å². The van der Waals surface area contributed by atoms with E-state index in [0.29, 0.717) is 18.1 Å². The second-order valence-electron chi connectivity index (χ2n) is 4.02.